The van der Waals surface area contributed by atoms with Crippen molar-refractivity contribution >= 4 is 12.0 Å². The lowest BCUT2D eigenvalue weighted by molar-refractivity contribution is -0.132. The van der Waals surface area contributed by atoms with Crippen LogP contribution in [0, 0.1) is 12.8 Å². The molecule has 0 saturated carbocycles. The van der Waals surface area contributed by atoms with Gasteiger partial charge in [0.15, 0.2) is 0 Å². The maximum absolute atomic E-state index is 14.0. The Morgan fingerprint density at radius 3 is 2.10 bits per heavy atom. The van der Waals surface area contributed by atoms with Gasteiger partial charge in [0.05, 0.1) is 18.3 Å². The van der Waals surface area contributed by atoms with Crippen molar-refractivity contribution in [1.82, 2.24) is 19.4 Å². The SMILES string of the molecule is Cc1nc2c(c(=O)n1C(c1ccccc1)c1ccccc1)CCN(C(=O)CCC1CCN(C(=O)OC(C)(C)C)CC1)C2. The van der Waals surface area contributed by atoms with E-state index in [1.165, 1.54) is 0 Å². The Labute approximate surface area is 248 Å². The van der Waals surface area contributed by atoms with Crippen LogP contribution in [0.1, 0.15) is 80.7 Å². The van der Waals surface area contributed by atoms with Crippen molar-refractivity contribution in [1.29, 1.82) is 0 Å². The maximum atomic E-state index is 14.0. The van der Waals surface area contributed by atoms with Crippen LogP contribution in [0.3, 0.4) is 0 Å². The van der Waals surface area contributed by atoms with Crippen LogP contribution >= 0.6 is 0 Å². The molecule has 5 rings (SSSR count). The van der Waals surface area contributed by atoms with E-state index in [-0.39, 0.29) is 23.6 Å². The summed E-state index contributed by atoms with van der Waals surface area (Å²) in [4.78, 5) is 48.1. The zero-order chi connectivity index (χ0) is 29.9. The number of hydrogen-bond acceptors (Lipinski definition) is 5. The first-order valence-electron chi connectivity index (χ1n) is 15.1. The molecule has 2 aliphatic rings. The number of hydrogen-bond donors (Lipinski definition) is 0. The molecule has 0 bridgehead atoms. The van der Waals surface area contributed by atoms with Gasteiger partial charge in [-0.25, -0.2) is 9.78 Å². The highest BCUT2D eigenvalue weighted by molar-refractivity contribution is 5.76. The average Bonchev–Trinajstić information content (AvgIpc) is 2.98. The molecule has 8 heteroatoms. The molecule has 3 aromatic rings. The first-order valence-corrected chi connectivity index (χ1v) is 15.1. The van der Waals surface area contributed by atoms with Crippen molar-refractivity contribution in [3.05, 3.63) is 99.2 Å². The summed E-state index contributed by atoms with van der Waals surface area (Å²) in [5.74, 6) is 1.15. The Morgan fingerprint density at radius 2 is 1.52 bits per heavy atom. The van der Waals surface area contributed by atoms with E-state index in [2.05, 4.69) is 0 Å². The van der Waals surface area contributed by atoms with Crippen LogP contribution in [0.4, 0.5) is 4.79 Å². The number of carbonyl (C=O) groups excluding carboxylic acids is 2. The Bertz CT molecular complexity index is 1420. The fourth-order valence-corrected chi connectivity index (χ4v) is 6.12. The van der Waals surface area contributed by atoms with Crippen LogP contribution in [0.25, 0.3) is 0 Å². The van der Waals surface area contributed by atoms with Crippen molar-refractivity contribution in [2.24, 2.45) is 5.92 Å². The monoisotopic (exact) mass is 570 g/mol. The number of carbonyl (C=O) groups is 2. The van der Waals surface area contributed by atoms with Crippen molar-refractivity contribution < 1.29 is 14.3 Å². The summed E-state index contributed by atoms with van der Waals surface area (Å²) < 4.78 is 7.31. The second-order valence-electron chi connectivity index (χ2n) is 12.5. The standard InChI is InChI=1S/C34H42N4O4/c1-24-35-29-23-37(30(39)16-15-25-17-20-36(21-18-25)33(41)42-34(2,3)4)22-19-28(29)32(40)38(24)31(26-11-7-5-8-12-26)27-13-9-6-10-14-27/h5-14,25,31H,15-23H2,1-4H3. The summed E-state index contributed by atoms with van der Waals surface area (Å²) in [5.41, 5.74) is 2.94. The van der Waals surface area contributed by atoms with Crippen LogP contribution in [0.5, 0.6) is 0 Å². The van der Waals surface area contributed by atoms with E-state index >= 15 is 0 Å². The summed E-state index contributed by atoms with van der Waals surface area (Å²) in [6, 6.07) is 19.8. The number of nitrogens with zero attached hydrogens (tertiary/aromatic N) is 4. The van der Waals surface area contributed by atoms with Gasteiger partial charge in [-0.05, 0) is 70.4 Å². The van der Waals surface area contributed by atoms with Gasteiger partial charge in [0, 0.05) is 31.6 Å². The van der Waals surface area contributed by atoms with Gasteiger partial charge in [0.25, 0.3) is 5.56 Å². The molecule has 8 nitrogen and oxygen atoms in total. The Balaban J connectivity index is 1.24. The van der Waals surface area contributed by atoms with Crippen molar-refractivity contribution in [2.75, 3.05) is 19.6 Å². The molecule has 3 heterocycles. The molecule has 1 saturated heterocycles. The smallest absolute Gasteiger partial charge is 0.410 e. The first kappa shape index (κ1) is 29.5. The Morgan fingerprint density at radius 1 is 0.929 bits per heavy atom. The van der Waals surface area contributed by atoms with Crippen LogP contribution < -0.4 is 5.56 Å². The molecule has 42 heavy (non-hydrogen) atoms. The number of rotatable bonds is 6. The summed E-state index contributed by atoms with van der Waals surface area (Å²) in [7, 11) is 0. The minimum absolute atomic E-state index is 0.0287. The summed E-state index contributed by atoms with van der Waals surface area (Å²) in [5, 5.41) is 0. The molecule has 1 fully saturated rings. The van der Waals surface area contributed by atoms with E-state index in [1.807, 2.05) is 97.8 Å². The number of aryl methyl sites for hydroxylation is 1. The lowest BCUT2D eigenvalue weighted by Crippen LogP contribution is -2.43. The van der Waals surface area contributed by atoms with Gasteiger partial charge < -0.3 is 14.5 Å². The van der Waals surface area contributed by atoms with E-state index in [4.69, 9.17) is 9.72 Å². The highest BCUT2D eigenvalue weighted by Crippen LogP contribution is 2.28. The minimum Gasteiger partial charge on any atom is -0.444 e. The maximum Gasteiger partial charge on any atom is 0.410 e. The van der Waals surface area contributed by atoms with E-state index in [0.717, 1.165) is 30.4 Å². The molecule has 0 radical (unpaired) electrons. The van der Waals surface area contributed by atoms with Crippen molar-refractivity contribution in [3.8, 4) is 0 Å². The molecular formula is C34H42N4O4. The number of ether oxygens (including phenoxy) is 1. The third kappa shape index (κ3) is 6.75. The summed E-state index contributed by atoms with van der Waals surface area (Å²) >= 11 is 0. The first-order chi connectivity index (χ1) is 20.1. The van der Waals surface area contributed by atoms with Gasteiger partial charge in [-0.2, -0.15) is 0 Å². The fourth-order valence-electron chi connectivity index (χ4n) is 6.12. The van der Waals surface area contributed by atoms with Gasteiger partial charge in [-0.15, -0.1) is 0 Å². The van der Waals surface area contributed by atoms with Crippen molar-refractivity contribution in [2.45, 2.75) is 78.0 Å². The predicted octanol–water partition coefficient (Wildman–Crippen LogP) is 5.50. The van der Waals surface area contributed by atoms with Crippen LogP contribution in [0.2, 0.25) is 0 Å². The molecule has 0 spiro atoms. The van der Waals surface area contributed by atoms with Gasteiger partial charge >= 0.3 is 6.09 Å². The predicted molar refractivity (Wildman–Crippen MR) is 162 cm³/mol. The van der Waals surface area contributed by atoms with E-state index in [9.17, 15) is 14.4 Å². The zero-order valence-corrected chi connectivity index (χ0v) is 25.2. The van der Waals surface area contributed by atoms with Gasteiger partial charge in [-0.1, -0.05) is 60.7 Å². The Hall–Kier alpha value is -3.94. The molecular weight excluding hydrogens is 528 g/mol. The second-order valence-corrected chi connectivity index (χ2v) is 12.5. The molecule has 2 amide bonds. The normalized spacial score (nSPS) is 15.9. The van der Waals surface area contributed by atoms with E-state index < -0.39 is 5.60 Å². The third-order valence-electron chi connectivity index (χ3n) is 8.32. The Kier molecular flexibility index (Phi) is 8.80. The number of aromatic nitrogens is 2. The minimum atomic E-state index is -0.501. The number of piperidine rings is 1. The number of amides is 2. The van der Waals surface area contributed by atoms with Crippen LogP contribution in [-0.4, -0.2) is 56.6 Å². The third-order valence-corrected chi connectivity index (χ3v) is 8.32. The summed E-state index contributed by atoms with van der Waals surface area (Å²) in [6.45, 7) is 9.71. The molecule has 222 valence electrons. The number of benzene rings is 2. The quantitative estimate of drug-likeness (QED) is 0.391. The highest BCUT2D eigenvalue weighted by atomic mass is 16.6. The van der Waals surface area contributed by atoms with E-state index in [1.54, 1.807) is 4.90 Å². The average molecular weight is 571 g/mol. The summed E-state index contributed by atoms with van der Waals surface area (Å²) in [6.07, 6.45) is 3.25. The second kappa shape index (κ2) is 12.5. The lowest BCUT2D eigenvalue weighted by atomic mass is 9.92. The largest absolute Gasteiger partial charge is 0.444 e. The fraction of sp³-hybridized carbons (Fsp3) is 0.471. The lowest BCUT2D eigenvalue weighted by Gasteiger charge is -2.34. The topological polar surface area (TPSA) is 84.7 Å². The van der Waals surface area contributed by atoms with E-state index in [0.29, 0.717) is 62.0 Å². The van der Waals surface area contributed by atoms with Gasteiger partial charge in [0.1, 0.15) is 11.4 Å². The molecule has 0 unspecified atom stereocenters. The molecule has 0 atom stereocenters. The van der Waals surface area contributed by atoms with Crippen LogP contribution in [0.15, 0.2) is 65.5 Å². The number of likely N-dealkylation sites (tertiary alicyclic amines) is 1. The van der Waals surface area contributed by atoms with Crippen LogP contribution in [-0.2, 0) is 22.5 Å². The highest BCUT2D eigenvalue weighted by Gasteiger charge is 2.30. The molecule has 2 aromatic carbocycles. The van der Waals surface area contributed by atoms with Gasteiger partial charge in [0.2, 0.25) is 5.91 Å². The molecule has 0 aliphatic carbocycles. The molecule has 2 aliphatic heterocycles. The zero-order valence-electron chi connectivity index (χ0n) is 25.2. The van der Waals surface area contributed by atoms with Gasteiger partial charge in [-0.3, -0.25) is 14.2 Å². The van der Waals surface area contributed by atoms with Crippen molar-refractivity contribution in [3.63, 3.8) is 0 Å². The molecule has 1 aromatic heterocycles. The number of fused-ring (bicyclic) bond motifs is 1. The molecule has 0 N–H and O–H groups in total.